The van der Waals surface area contributed by atoms with E-state index >= 15 is 0 Å². The van der Waals surface area contributed by atoms with Crippen LogP contribution in [0.2, 0.25) is 0 Å². The summed E-state index contributed by atoms with van der Waals surface area (Å²) in [5.74, 6) is 3.57. The smallest absolute Gasteiger partial charge is 0.263 e. The molecule has 6 nitrogen and oxygen atoms in total. The molecular formula is C20H19N3O3S. The summed E-state index contributed by atoms with van der Waals surface area (Å²) < 4.78 is 12.5. The van der Waals surface area contributed by atoms with E-state index in [1.54, 1.807) is 47.8 Å². The number of aromatic nitrogens is 2. The molecule has 1 aliphatic heterocycles. The zero-order valence-corrected chi connectivity index (χ0v) is 15.7. The van der Waals surface area contributed by atoms with Crippen molar-refractivity contribution in [1.29, 1.82) is 0 Å². The van der Waals surface area contributed by atoms with E-state index in [-0.39, 0.29) is 12.5 Å². The maximum absolute atomic E-state index is 12.5. The molecule has 0 saturated heterocycles. The zero-order chi connectivity index (χ0) is 18.6. The molecule has 1 N–H and O–H groups in total. The maximum Gasteiger partial charge on any atom is 0.263 e. The number of thioether (sulfide) groups is 1. The lowest BCUT2D eigenvalue weighted by Gasteiger charge is -2.12. The number of rotatable bonds is 6. The summed E-state index contributed by atoms with van der Waals surface area (Å²) in [7, 11) is 1.61. The lowest BCUT2D eigenvalue weighted by molar-refractivity contribution is -0.118. The molecule has 0 spiro atoms. The van der Waals surface area contributed by atoms with E-state index in [0.29, 0.717) is 5.75 Å². The first kappa shape index (κ1) is 17.5. The molecule has 2 aromatic carbocycles. The van der Waals surface area contributed by atoms with Gasteiger partial charge in [-0.3, -0.25) is 4.79 Å². The lowest BCUT2D eigenvalue weighted by Crippen LogP contribution is -2.22. The molecule has 7 heteroatoms. The van der Waals surface area contributed by atoms with Gasteiger partial charge in [-0.15, -0.1) is 0 Å². The summed E-state index contributed by atoms with van der Waals surface area (Å²) in [6.07, 6.45) is 0. The molecule has 27 heavy (non-hydrogen) atoms. The Balaban J connectivity index is 1.49. The molecule has 0 fully saturated rings. The van der Waals surface area contributed by atoms with Crippen molar-refractivity contribution in [2.45, 2.75) is 11.5 Å². The van der Waals surface area contributed by atoms with Crippen molar-refractivity contribution in [3.05, 3.63) is 65.9 Å². The number of anilines is 1. The molecule has 0 bridgehead atoms. The summed E-state index contributed by atoms with van der Waals surface area (Å²) in [5, 5.41) is 7.66. The second-order valence-corrected chi connectivity index (χ2v) is 7.01. The van der Waals surface area contributed by atoms with Crippen molar-refractivity contribution >= 4 is 23.5 Å². The van der Waals surface area contributed by atoms with Gasteiger partial charge in [-0.05, 0) is 36.4 Å². The fourth-order valence-electron chi connectivity index (χ4n) is 2.89. The first-order valence-corrected chi connectivity index (χ1v) is 9.70. The highest BCUT2D eigenvalue weighted by Gasteiger charge is 2.24. The molecule has 2 heterocycles. The normalized spacial score (nSPS) is 12.5. The van der Waals surface area contributed by atoms with Crippen molar-refractivity contribution < 1.29 is 14.3 Å². The van der Waals surface area contributed by atoms with Crippen LogP contribution in [0.25, 0.3) is 5.69 Å². The molecule has 0 aliphatic carbocycles. The molecule has 138 valence electrons. The number of para-hydroxylation sites is 1. The molecule has 4 rings (SSSR count). The standard InChI is InChI=1S/C20H19N3O3S/c1-25-15-7-9-16(10-8-15)26-11-19(24)21-20-17-12-27-13-18(17)22-23(20)14-5-3-2-4-6-14/h2-10H,11-13H2,1H3,(H,21,24). The van der Waals surface area contributed by atoms with E-state index in [1.165, 1.54) is 0 Å². The van der Waals surface area contributed by atoms with Crippen LogP contribution in [0.4, 0.5) is 5.82 Å². The van der Waals surface area contributed by atoms with Crippen LogP contribution in [0.3, 0.4) is 0 Å². The van der Waals surface area contributed by atoms with Gasteiger partial charge in [-0.2, -0.15) is 16.9 Å². The van der Waals surface area contributed by atoms with E-state index in [0.717, 1.165) is 40.0 Å². The summed E-state index contributed by atoms with van der Waals surface area (Å²) >= 11 is 1.80. The molecule has 1 amide bonds. The summed E-state index contributed by atoms with van der Waals surface area (Å²) in [5.41, 5.74) is 3.03. The fraction of sp³-hybridized carbons (Fsp3) is 0.200. The fourth-order valence-corrected chi connectivity index (χ4v) is 3.92. The van der Waals surface area contributed by atoms with Crippen molar-refractivity contribution in [3.8, 4) is 17.2 Å². The van der Waals surface area contributed by atoms with E-state index in [4.69, 9.17) is 9.47 Å². The number of nitrogens with zero attached hydrogens (tertiary/aromatic N) is 2. The Morgan fingerprint density at radius 2 is 1.85 bits per heavy atom. The van der Waals surface area contributed by atoms with Gasteiger partial charge in [0.05, 0.1) is 18.5 Å². The Kier molecular flexibility index (Phi) is 5.02. The van der Waals surface area contributed by atoms with E-state index < -0.39 is 0 Å². The van der Waals surface area contributed by atoms with Gasteiger partial charge in [0.25, 0.3) is 5.91 Å². The highest BCUT2D eigenvalue weighted by molar-refractivity contribution is 7.98. The molecule has 1 aromatic heterocycles. The van der Waals surface area contributed by atoms with E-state index in [2.05, 4.69) is 10.4 Å². The van der Waals surface area contributed by atoms with Gasteiger partial charge in [-0.25, -0.2) is 4.68 Å². The summed E-state index contributed by atoms with van der Waals surface area (Å²) in [6, 6.07) is 16.9. The average Bonchev–Trinajstić information content (AvgIpc) is 3.30. The third-order valence-electron chi connectivity index (χ3n) is 4.24. The highest BCUT2D eigenvalue weighted by atomic mass is 32.2. The van der Waals surface area contributed by atoms with E-state index in [1.807, 2.05) is 30.3 Å². The number of benzene rings is 2. The van der Waals surface area contributed by atoms with Crippen molar-refractivity contribution in [2.24, 2.45) is 0 Å². The molecule has 0 atom stereocenters. The number of carbonyl (C=O) groups excluding carboxylic acids is 1. The molecule has 0 unspecified atom stereocenters. The number of methoxy groups -OCH3 is 1. The Morgan fingerprint density at radius 3 is 2.59 bits per heavy atom. The van der Waals surface area contributed by atoms with Crippen LogP contribution < -0.4 is 14.8 Å². The lowest BCUT2D eigenvalue weighted by atomic mass is 10.2. The van der Waals surface area contributed by atoms with Gasteiger partial charge in [-0.1, -0.05) is 18.2 Å². The second kappa shape index (κ2) is 7.75. The molecule has 0 saturated carbocycles. The number of hydrogen-bond donors (Lipinski definition) is 1. The quantitative estimate of drug-likeness (QED) is 0.706. The van der Waals surface area contributed by atoms with Crippen LogP contribution in [0, 0.1) is 0 Å². The molecular weight excluding hydrogens is 362 g/mol. The van der Waals surface area contributed by atoms with Gasteiger partial charge in [0, 0.05) is 17.1 Å². The van der Waals surface area contributed by atoms with Crippen LogP contribution in [-0.2, 0) is 16.3 Å². The topological polar surface area (TPSA) is 65.4 Å². The van der Waals surface area contributed by atoms with Crippen molar-refractivity contribution in [3.63, 3.8) is 0 Å². The minimum atomic E-state index is -0.220. The number of hydrogen-bond acceptors (Lipinski definition) is 5. The number of nitrogens with one attached hydrogen (secondary N) is 1. The van der Waals surface area contributed by atoms with Gasteiger partial charge < -0.3 is 14.8 Å². The largest absolute Gasteiger partial charge is 0.497 e. The minimum Gasteiger partial charge on any atom is -0.497 e. The monoisotopic (exact) mass is 381 g/mol. The number of amides is 1. The second-order valence-electron chi connectivity index (χ2n) is 6.03. The van der Waals surface area contributed by atoms with Gasteiger partial charge in [0.15, 0.2) is 6.61 Å². The zero-order valence-electron chi connectivity index (χ0n) is 14.8. The Bertz CT molecular complexity index is 939. The predicted molar refractivity (Wildman–Crippen MR) is 106 cm³/mol. The van der Waals surface area contributed by atoms with Crippen LogP contribution >= 0.6 is 11.8 Å². The third-order valence-corrected chi connectivity index (χ3v) is 5.21. The molecule has 0 radical (unpaired) electrons. The predicted octanol–water partition coefficient (Wildman–Crippen LogP) is 3.65. The SMILES string of the molecule is COc1ccc(OCC(=O)Nc2c3c(nn2-c2ccccc2)CSC3)cc1. The van der Waals surface area contributed by atoms with Crippen LogP contribution in [0.15, 0.2) is 54.6 Å². The first-order valence-electron chi connectivity index (χ1n) is 8.55. The number of fused-ring (bicyclic) bond motifs is 1. The minimum absolute atomic E-state index is 0.0752. The molecule has 3 aromatic rings. The average molecular weight is 381 g/mol. The van der Waals surface area contributed by atoms with Crippen molar-refractivity contribution in [2.75, 3.05) is 19.0 Å². The number of ether oxygens (including phenoxy) is 2. The maximum atomic E-state index is 12.5. The number of carbonyl (C=O) groups is 1. The third kappa shape index (κ3) is 3.78. The Labute approximate surface area is 161 Å². The highest BCUT2D eigenvalue weighted by Crippen LogP contribution is 2.36. The Hall–Kier alpha value is -2.93. The van der Waals surface area contributed by atoms with Crippen LogP contribution in [-0.4, -0.2) is 29.4 Å². The van der Waals surface area contributed by atoms with Crippen LogP contribution in [0.1, 0.15) is 11.3 Å². The van der Waals surface area contributed by atoms with E-state index in [9.17, 15) is 4.79 Å². The Morgan fingerprint density at radius 1 is 1.11 bits per heavy atom. The summed E-state index contributed by atoms with van der Waals surface area (Å²) in [4.78, 5) is 12.5. The van der Waals surface area contributed by atoms with Gasteiger partial charge in [0.2, 0.25) is 0 Å². The van der Waals surface area contributed by atoms with Crippen molar-refractivity contribution in [1.82, 2.24) is 9.78 Å². The van der Waals surface area contributed by atoms with Crippen LogP contribution in [0.5, 0.6) is 11.5 Å². The van der Waals surface area contributed by atoms with Gasteiger partial charge >= 0.3 is 0 Å². The molecule has 1 aliphatic rings. The van der Waals surface area contributed by atoms with Gasteiger partial charge in [0.1, 0.15) is 17.3 Å². The summed E-state index contributed by atoms with van der Waals surface area (Å²) in [6.45, 7) is -0.0752. The first-order chi connectivity index (χ1) is 13.2.